The van der Waals surface area contributed by atoms with Gasteiger partial charge >= 0.3 is 0 Å². The number of methoxy groups -OCH3 is 1. The lowest BCUT2D eigenvalue weighted by Crippen LogP contribution is -2.36. The average molecular weight is 450 g/mol. The van der Waals surface area contributed by atoms with Gasteiger partial charge in [0.25, 0.3) is 0 Å². The van der Waals surface area contributed by atoms with E-state index in [4.69, 9.17) is 4.74 Å². The molecule has 1 aliphatic carbocycles. The molecule has 0 N–H and O–H groups in total. The van der Waals surface area contributed by atoms with E-state index in [9.17, 15) is 13.6 Å². The summed E-state index contributed by atoms with van der Waals surface area (Å²) in [6.07, 6.45) is 2.58. The van der Waals surface area contributed by atoms with E-state index in [1.165, 1.54) is 11.6 Å². The molecule has 0 aromatic heterocycles. The van der Waals surface area contributed by atoms with Gasteiger partial charge in [0.2, 0.25) is 5.91 Å². The van der Waals surface area contributed by atoms with Gasteiger partial charge < -0.3 is 9.64 Å². The summed E-state index contributed by atoms with van der Waals surface area (Å²) in [5.41, 5.74) is 4.59. The van der Waals surface area contributed by atoms with Gasteiger partial charge in [-0.25, -0.2) is 8.78 Å². The summed E-state index contributed by atoms with van der Waals surface area (Å²) >= 11 is 0. The number of anilines is 1. The highest BCUT2D eigenvalue weighted by Crippen LogP contribution is 2.37. The molecule has 1 atom stereocenters. The van der Waals surface area contributed by atoms with E-state index in [1.807, 2.05) is 42.5 Å². The van der Waals surface area contributed by atoms with Crippen molar-refractivity contribution in [1.82, 2.24) is 0 Å². The molecule has 3 aromatic rings. The Bertz CT molecular complexity index is 1140. The second-order valence-corrected chi connectivity index (χ2v) is 8.93. The molecular formula is C28H29F2NO2. The predicted octanol–water partition coefficient (Wildman–Crippen LogP) is 6.75. The van der Waals surface area contributed by atoms with Crippen molar-refractivity contribution >= 4 is 11.6 Å². The van der Waals surface area contributed by atoms with Crippen molar-refractivity contribution < 1.29 is 18.3 Å². The molecule has 3 nitrogen and oxygen atoms in total. The first-order valence-electron chi connectivity index (χ1n) is 11.4. The minimum atomic E-state index is -0.914. The van der Waals surface area contributed by atoms with Gasteiger partial charge in [-0.3, -0.25) is 4.79 Å². The number of hydrogen-bond acceptors (Lipinski definition) is 2. The minimum absolute atomic E-state index is 0.0498. The monoisotopic (exact) mass is 449 g/mol. The summed E-state index contributed by atoms with van der Waals surface area (Å²) in [7, 11) is 1.62. The molecule has 0 heterocycles. The maximum Gasteiger partial charge on any atom is 0.234 e. The van der Waals surface area contributed by atoms with Crippen LogP contribution in [0.4, 0.5) is 14.5 Å². The number of carbonyl (C=O) groups is 1. The molecular weight excluding hydrogens is 420 g/mol. The summed E-state index contributed by atoms with van der Waals surface area (Å²) in [6.45, 7) is 4.39. The minimum Gasteiger partial charge on any atom is -0.497 e. The van der Waals surface area contributed by atoms with E-state index in [2.05, 4.69) is 13.8 Å². The molecule has 0 fully saturated rings. The quantitative estimate of drug-likeness (QED) is 0.417. The number of halogens is 2. The van der Waals surface area contributed by atoms with Crippen molar-refractivity contribution in [3.05, 3.63) is 94.6 Å². The van der Waals surface area contributed by atoms with E-state index < -0.39 is 11.6 Å². The number of benzene rings is 3. The smallest absolute Gasteiger partial charge is 0.234 e. The number of carbonyl (C=O) groups excluding carboxylic acids is 1. The lowest BCUT2D eigenvalue weighted by molar-refractivity contribution is -0.120. The van der Waals surface area contributed by atoms with Crippen LogP contribution in [0, 0.1) is 11.6 Å². The van der Waals surface area contributed by atoms with Gasteiger partial charge in [-0.1, -0.05) is 38.1 Å². The van der Waals surface area contributed by atoms with Crippen molar-refractivity contribution in [3.63, 3.8) is 0 Å². The maximum atomic E-state index is 14.0. The highest BCUT2D eigenvalue weighted by atomic mass is 19.2. The second kappa shape index (κ2) is 9.74. The normalized spacial score (nSPS) is 15.3. The molecule has 0 spiro atoms. The molecule has 1 amide bonds. The fourth-order valence-electron chi connectivity index (χ4n) is 4.50. The number of fused-ring (bicyclic) bond motifs is 1. The van der Waals surface area contributed by atoms with E-state index >= 15 is 0 Å². The van der Waals surface area contributed by atoms with Gasteiger partial charge in [0.15, 0.2) is 11.6 Å². The summed E-state index contributed by atoms with van der Waals surface area (Å²) in [5, 5.41) is 0. The number of hydrogen-bond donors (Lipinski definition) is 0. The Hall–Kier alpha value is -3.21. The van der Waals surface area contributed by atoms with Crippen molar-refractivity contribution in [3.8, 4) is 5.75 Å². The highest BCUT2D eigenvalue weighted by molar-refractivity contribution is 5.98. The Morgan fingerprint density at radius 1 is 1.03 bits per heavy atom. The van der Waals surface area contributed by atoms with Crippen LogP contribution in [0.15, 0.2) is 60.7 Å². The van der Waals surface area contributed by atoms with Gasteiger partial charge in [0, 0.05) is 5.69 Å². The molecule has 0 aliphatic heterocycles. The Morgan fingerprint density at radius 3 is 2.45 bits per heavy atom. The average Bonchev–Trinajstić information content (AvgIpc) is 2.83. The topological polar surface area (TPSA) is 29.5 Å². The zero-order valence-electron chi connectivity index (χ0n) is 19.3. The molecule has 0 saturated carbocycles. The van der Waals surface area contributed by atoms with E-state index in [0.29, 0.717) is 11.5 Å². The fraction of sp³-hybridized carbons (Fsp3) is 0.321. The number of rotatable bonds is 6. The van der Waals surface area contributed by atoms with Crippen LogP contribution >= 0.6 is 0 Å². The molecule has 5 heteroatoms. The molecule has 0 saturated heterocycles. The third kappa shape index (κ3) is 4.92. The molecule has 0 radical (unpaired) electrons. The first kappa shape index (κ1) is 23.0. The maximum absolute atomic E-state index is 14.0. The zero-order chi connectivity index (χ0) is 23.5. The summed E-state index contributed by atoms with van der Waals surface area (Å²) in [6, 6.07) is 17.6. The molecule has 3 aromatic carbocycles. The van der Waals surface area contributed by atoms with Gasteiger partial charge in [-0.05, 0) is 83.8 Å². The van der Waals surface area contributed by atoms with Gasteiger partial charge in [-0.2, -0.15) is 0 Å². The zero-order valence-corrected chi connectivity index (χ0v) is 19.3. The van der Waals surface area contributed by atoms with Crippen molar-refractivity contribution in [2.45, 2.75) is 51.5 Å². The third-order valence-corrected chi connectivity index (χ3v) is 6.43. The van der Waals surface area contributed by atoms with Crippen LogP contribution < -0.4 is 9.64 Å². The van der Waals surface area contributed by atoms with Crippen LogP contribution in [0.5, 0.6) is 5.75 Å². The Balaban J connectivity index is 1.73. The first-order chi connectivity index (χ1) is 15.9. The third-order valence-electron chi connectivity index (χ3n) is 6.43. The SMILES string of the molecule is COc1ccc2c(c1)C(C(=O)N(Cc1ccc(F)c(F)c1)c1ccc(C(C)C)cc1)CCC2. The van der Waals surface area contributed by atoms with Crippen LogP contribution in [0.1, 0.15) is 60.8 Å². The second-order valence-electron chi connectivity index (χ2n) is 8.93. The summed E-state index contributed by atoms with van der Waals surface area (Å²) < 4.78 is 32.8. The highest BCUT2D eigenvalue weighted by Gasteiger charge is 2.31. The van der Waals surface area contributed by atoms with Crippen LogP contribution in [0.3, 0.4) is 0 Å². The van der Waals surface area contributed by atoms with Gasteiger partial charge in [0.1, 0.15) is 5.75 Å². The lowest BCUT2D eigenvalue weighted by Gasteiger charge is -2.31. The van der Waals surface area contributed by atoms with Crippen LogP contribution in [0.25, 0.3) is 0 Å². The lowest BCUT2D eigenvalue weighted by atomic mass is 9.81. The summed E-state index contributed by atoms with van der Waals surface area (Å²) in [4.78, 5) is 15.6. The fourth-order valence-corrected chi connectivity index (χ4v) is 4.50. The van der Waals surface area contributed by atoms with Crippen molar-refractivity contribution in [2.75, 3.05) is 12.0 Å². The van der Waals surface area contributed by atoms with E-state index in [-0.39, 0.29) is 18.4 Å². The number of ether oxygens (including phenoxy) is 1. The molecule has 4 rings (SSSR count). The summed E-state index contributed by atoms with van der Waals surface area (Å²) in [5.74, 6) is -1.09. The Kier molecular flexibility index (Phi) is 6.77. The van der Waals surface area contributed by atoms with Gasteiger partial charge in [0.05, 0.1) is 19.6 Å². The van der Waals surface area contributed by atoms with E-state index in [0.717, 1.165) is 54.0 Å². The largest absolute Gasteiger partial charge is 0.497 e. The van der Waals surface area contributed by atoms with E-state index in [1.54, 1.807) is 12.0 Å². The molecule has 0 bridgehead atoms. The molecule has 1 aliphatic rings. The first-order valence-corrected chi connectivity index (χ1v) is 11.4. The van der Waals surface area contributed by atoms with Crippen LogP contribution in [-0.4, -0.2) is 13.0 Å². The van der Waals surface area contributed by atoms with Crippen LogP contribution in [-0.2, 0) is 17.8 Å². The number of amides is 1. The predicted molar refractivity (Wildman–Crippen MR) is 127 cm³/mol. The number of nitrogens with zero attached hydrogens (tertiary/aromatic N) is 1. The van der Waals surface area contributed by atoms with Crippen molar-refractivity contribution in [1.29, 1.82) is 0 Å². The van der Waals surface area contributed by atoms with Gasteiger partial charge in [-0.15, -0.1) is 0 Å². The molecule has 33 heavy (non-hydrogen) atoms. The Morgan fingerprint density at radius 2 is 1.79 bits per heavy atom. The standard InChI is InChI=1S/C28H29F2NO2/c1-18(2)20-8-11-22(12-9-20)31(17-19-7-14-26(29)27(30)15-19)28(32)24-6-4-5-21-10-13-23(33-3)16-25(21)24/h7-16,18,24H,4-6,17H2,1-3H3. The van der Waals surface area contributed by atoms with Crippen molar-refractivity contribution in [2.24, 2.45) is 0 Å². The molecule has 1 unspecified atom stereocenters. The molecule has 172 valence electrons. The van der Waals surface area contributed by atoms with Crippen LogP contribution in [0.2, 0.25) is 0 Å². The number of aryl methyl sites for hydroxylation is 1. The Labute approximate surface area is 194 Å².